The molecule has 0 atom stereocenters. The lowest BCUT2D eigenvalue weighted by molar-refractivity contribution is -0.117. The molecule has 2 rings (SSSR count). The maximum Gasteiger partial charge on any atom is 0.233 e. The normalized spacial score (nSPS) is 9.93. The number of aromatic hydroxyl groups is 1. The van der Waals surface area contributed by atoms with Crippen molar-refractivity contribution < 1.29 is 28.8 Å². The quantitative estimate of drug-likeness (QED) is 0.390. The Kier molecular flexibility index (Phi) is 7.39. The molecule has 0 unspecified atom stereocenters. The van der Waals surface area contributed by atoms with Gasteiger partial charge in [0.2, 0.25) is 11.7 Å². The highest BCUT2D eigenvalue weighted by Gasteiger charge is 2.20. The molecule has 0 aliphatic carbocycles. The van der Waals surface area contributed by atoms with E-state index >= 15 is 0 Å². The molecule has 0 aliphatic heterocycles. The van der Waals surface area contributed by atoms with E-state index in [0.717, 1.165) is 0 Å². The fraction of sp³-hybridized carbons (Fsp3) is 0.316. The largest absolute Gasteiger partial charge is 0.504 e. The van der Waals surface area contributed by atoms with Crippen LogP contribution in [-0.2, 0) is 11.3 Å². The summed E-state index contributed by atoms with van der Waals surface area (Å²) in [4.78, 5) is 16.7. The molecule has 154 valence electrons. The molecule has 10 nitrogen and oxygen atoms in total. The van der Waals surface area contributed by atoms with E-state index in [1.807, 2.05) is 0 Å². The Hall–Kier alpha value is -3.78. The van der Waals surface area contributed by atoms with E-state index in [4.69, 9.17) is 24.5 Å². The molecule has 0 bridgehead atoms. The van der Waals surface area contributed by atoms with Gasteiger partial charge in [0, 0.05) is 16.7 Å². The highest BCUT2D eigenvalue weighted by Crippen LogP contribution is 2.39. The Morgan fingerprint density at radius 2 is 1.66 bits per heavy atom. The molecule has 10 heteroatoms. The summed E-state index contributed by atoms with van der Waals surface area (Å²) in [5, 5.41) is 13.4. The molecule has 1 N–H and O–H groups in total. The van der Waals surface area contributed by atoms with E-state index in [1.54, 1.807) is 18.2 Å². The van der Waals surface area contributed by atoms with Crippen molar-refractivity contribution in [3.8, 4) is 28.7 Å². The molecule has 0 aliphatic rings. The van der Waals surface area contributed by atoms with Gasteiger partial charge in [-0.05, 0) is 35.4 Å². The van der Waals surface area contributed by atoms with Crippen LogP contribution < -0.4 is 23.8 Å². The Balaban J connectivity index is 2.49. The molecule has 0 spiro atoms. The van der Waals surface area contributed by atoms with E-state index < -0.39 is 5.91 Å². The molecule has 0 aromatic heterocycles. The summed E-state index contributed by atoms with van der Waals surface area (Å²) in [6.07, 6.45) is 0. The van der Waals surface area contributed by atoms with Gasteiger partial charge < -0.3 is 29.0 Å². The second kappa shape index (κ2) is 9.95. The summed E-state index contributed by atoms with van der Waals surface area (Å²) >= 11 is 0. The van der Waals surface area contributed by atoms with Crippen LogP contribution in [0, 0.1) is 0 Å². The number of hydrogen-bond donors (Lipinski definition) is 1. The monoisotopic (exact) mass is 402 g/mol. The molecule has 0 radical (unpaired) electrons. The lowest BCUT2D eigenvalue weighted by atomic mass is 10.1. The summed E-state index contributed by atoms with van der Waals surface area (Å²) in [6.45, 7) is -0.282. The Morgan fingerprint density at radius 3 is 2.14 bits per heavy atom. The summed E-state index contributed by atoms with van der Waals surface area (Å²) < 4.78 is 21.1. The van der Waals surface area contributed by atoms with Gasteiger partial charge in [0.15, 0.2) is 23.0 Å². The molecular formula is C19H22N4O6. The number of benzene rings is 2. The van der Waals surface area contributed by atoms with Crippen molar-refractivity contribution in [3.05, 3.63) is 46.3 Å². The third kappa shape index (κ3) is 4.94. The number of carbonyl (C=O) groups excluding carboxylic acids is 1. The fourth-order valence-corrected chi connectivity index (χ4v) is 2.76. The first kappa shape index (κ1) is 21.5. The van der Waals surface area contributed by atoms with Gasteiger partial charge in [-0.3, -0.25) is 4.79 Å². The van der Waals surface area contributed by atoms with Crippen molar-refractivity contribution in [2.45, 2.75) is 6.54 Å². The highest BCUT2D eigenvalue weighted by atomic mass is 16.5. The molecular weight excluding hydrogens is 380 g/mol. The molecule has 0 fully saturated rings. The molecule has 0 heterocycles. The van der Waals surface area contributed by atoms with Gasteiger partial charge in [-0.2, -0.15) is 0 Å². The third-order valence-electron chi connectivity index (χ3n) is 4.11. The maximum atomic E-state index is 12.7. The first-order valence-electron chi connectivity index (χ1n) is 8.46. The van der Waals surface area contributed by atoms with Crippen LogP contribution in [0.3, 0.4) is 0 Å². The van der Waals surface area contributed by atoms with Crippen molar-refractivity contribution in [1.29, 1.82) is 0 Å². The van der Waals surface area contributed by atoms with Crippen LogP contribution in [-0.4, -0.2) is 46.0 Å². The van der Waals surface area contributed by atoms with E-state index in [2.05, 4.69) is 10.0 Å². The number of nitrogens with zero attached hydrogens (tertiary/aromatic N) is 4. The average molecular weight is 402 g/mol. The van der Waals surface area contributed by atoms with Gasteiger partial charge in [0.05, 0.1) is 35.0 Å². The van der Waals surface area contributed by atoms with Gasteiger partial charge >= 0.3 is 0 Å². The topological polar surface area (TPSA) is 126 Å². The van der Waals surface area contributed by atoms with Crippen molar-refractivity contribution >= 4 is 11.6 Å². The zero-order valence-electron chi connectivity index (χ0n) is 16.6. The average Bonchev–Trinajstić information content (AvgIpc) is 2.74. The van der Waals surface area contributed by atoms with Crippen molar-refractivity contribution in [3.63, 3.8) is 0 Å². The Bertz CT molecular complexity index is 902. The number of phenolic OH excluding ortho intramolecular Hbond substituents is 1. The van der Waals surface area contributed by atoms with Crippen molar-refractivity contribution in [2.24, 2.45) is 5.11 Å². The van der Waals surface area contributed by atoms with Crippen molar-refractivity contribution in [2.75, 3.05) is 39.9 Å². The third-order valence-corrected chi connectivity index (χ3v) is 4.11. The minimum absolute atomic E-state index is 0.0995. The first-order chi connectivity index (χ1) is 14.0. The van der Waals surface area contributed by atoms with E-state index in [-0.39, 0.29) is 24.6 Å². The van der Waals surface area contributed by atoms with Gasteiger partial charge in [-0.15, -0.1) is 0 Å². The number of amides is 1. The van der Waals surface area contributed by atoms with Crippen LogP contribution in [0.2, 0.25) is 0 Å². The molecule has 0 saturated carbocycles. The fourth-order valence-electron chi connectivity index (χ4n) is 2.76. The molecule has 1 amide bonds. The first-order valence-corrected chi connectivity index (χ1v) is 8.46. The van der Waals surface area contributed by atoms with Gasteiger partial charge in [0.1, 0.15) is 6.54 Å². The van der Waals surface area contributed by atoms with Gasteiger partial charge in [-0.25, -0.2) is 0 Å². The van der Waals surface area contributed by atoms with Crippen LogP contribution in [0.1, 0.15) is 5.56 Å². The summed E-state index contributed by atoms with van der Waals surface area (Å²) in [5.74, 6) is 0.970. The minimum atomic E-state index is -0.457. The standard InChI is InChI=1S/C19H22N4O6/c1-26-15-6-5-13(9-14(15)24)23(18(25)10-21-22-20)11-12-7-16(27-2)19(29-4)17(8-12)28-3/h5-9,24H,10-11H2,1-4H3. The number of anilines is 1. The molecule has 0 saturated heterocycles. The molecule has 29 heavy (non-hydrogen) atoms. The smallest absolute Gasteiger partial charge is 0.233 e. The maximum absolute atomic E-state index is 12.7. The second-order valence-corrected chi connectivity index (χ2v) is 5.76. The van der Waals surface area contributed by atoms with Crippen LogP contribution in [0.15, 0.2) is 35.4 Å². The zero-order valence-corrected chi connectivity index (χ0v) is 16.6. The number of ether oxygens (including phenoxy) is 4. The molecule has 2 aromatic carbocycles. The predicted octanol–water partition coefficient (Wildman–Crippen LogP) is 3.27. The van der Waals surface area contributed by atoms with E-state index in [0.29, 0.717) is 28.5 Å². The minimum Gasteiger partial charge on any atom is -0.504 e. The van der Waals surface area contributed by atoms with Crippen LogP contribution in [0.25, 0.3) is 10.4 Å². The number of azide groups is 1. The number of methoxy groups -OCH3 is 4. The van der Waals surface area contributed by atoms with Crippen LogP contribution in [0.4, 0.5) is 5.69 Å². The van der Waals surface area contributed by atoms with Gasteiger partial charge in [-0.1, -0.05) is 5.11 Å². The lowest BCUT2D eigenvalue weighted by Crippen LogP contribution is -2.32. The highest BCUT2D eigenvalue weighted by molar-refractivity contribution is 5.95. The Labute approximate surface area is 167 Å². The van der Waals surface area contributed by atoms with Crippen molar-refractivity contribution in [1.82, 2.24) is 0 Å². The SMILES string of the molecule is COc1ccc(N(Cc2cc(OC)c(OC)c(OC)c2)C(=O)CN=[N+]=[N-])cc1O. The number of phenols is 1. The second-order valence-electron chi connectivity index (χ2n) is 5.76. The summed E-state index contributed by atoms with van der Waals surface area (Å²) in [7, 11) is 5.91. The summed E-state index contributed by atoms with van der Waals surface area (Å²) in [5.41, 5.74) is 9.62. The summed E-state index contributed by atoms with van der Waals surface area (Å²) in [6, 6.07) is 7.96. The Morgan fingerprint density at radius 1 is 1.03 bits per heavy atom. The van der Waals surface area contributed by atoms with E-state index in [1.165, 1.54) is 45.5 Å². The lowest BCUT2D eigenvalue weighted by Gasteiger charge is -2.24. The van der Waals surface area contributed by atoms with Gasteiger partial charge in [0.25, 0.3) is 0 Å². The number of rotatable bonds is 9. The number of hydrogen-bond acceptors (Lipinski definition) is 7. The zero-order chi connectivity index (χ0) is 21.4. The van der Waals surface area contributed by atoms with Crippen LogP contribution in [0.5, 0.6) is 28.7 Å². The van der Waals surface area contributed by atoms with E-state index in [9.17, 15) is 9.90 Å². The number of carbonyl (C=O) groups is 1. The molecule has 2 aromatic rings. The predicted molar refractivity (Wildman–Crippen MR) is 106 cm³/mol. The van der Waals surface area contributed by atoms with Crippen LogP contribution >= 0.6 is 0 Å².